The van der Waals surface area contributed by atoms with E-state index < -0.39 is 0 Å². The monoisotopic (exact) mass is 435 g/mol. The smallest absolute Gasteiger partial charge is 0.258 e. The second kappa shape index (κ2) is 9.07. The molecule has 1 aliphatic rings. The maximum atomic E-state index is 14.2. The summed E-state index contributed by atoms with van der Waals surface area (Å²) in [5.41, 5.74) is 7.01. The van der Waals surface area contributed by atoms with Crippen LogP contribution in [0.1, 0.15) is 53.5 Å². The van der Waals surface area contributed by atoms with Gasteiger partial charge in [0, 0.05) is 12.1 Å². The maximum Gasteiger partial charge on any atom is 0.258 e. The molecule has 1 aromatic heterocycles. The van der Waals surface area contributed by atoms with Crippen molar-refractivity contribution >= 4 is 5.91 Å². The molecule has 0 N–H and O–H groups in total. The van der Waals surface area contributed by atoms with Crippen LogP contribution in [-0.2, 0) is 12.8 Å². The van der Waals surface area contributed by atoms with E-state index in [0.717, 1.165) is 47.5 Å². The summed E-state index contributed by atoms with van der Waals surface area (Å²) in [5, 5.41) is 5.02. The van der Waals surface area contributed by atoms with Crippen molar-refractivity contribution in [1.29, 1.82) is 0 Å². The zero-order valence-corrected chi connectivity index (χ0v) is 19.2. The lowest BCUT2D eigenvalue weighted by Crippen LogP contribution is -2.39. The van der Waals surface area contributed by atoms with E-state index in [2.05, 4.69) is 50.2 Å². The Kier molecular flexibility index (Phi) is 5.82. The summed E-state index contributed by atoms with van der Waals surface area (Å²) in [6, 6.07) is 28.7. The van der Waals surface area contributed by atoms with Gasteiger partial charge in [-0.2, -0.15) is 5.10 Å². The van der Waals surface area contributed by atoms with Crippen LogP contribution in [0.5, 0.6) is 0 Å². The zero-order chi connectivity index (χ0) is 22.8. The number of para-hydroxylation sites is 1. The average Bonchev–Trinajstić information content (AvgIpc) is 3.24. The minimum atomic E-state index is 0.0284. The van der Waals surface area contributed by atoms with Crippen LogP contribution < -0.4 is 0 Å². The number of carbonyl (C=O) groups excluding carboxylic acids is 1. The summed E-state index contributed by atoms with van der Waals surface area (Å²) in [5.74, 6) is 0.0708. The molecule has 1 atom stereocenters. The van der Waals surface area contributed by atoms with Crippen LogP contribution in [0.25, 0.3) is 16.9 Å². The van der Waals surface area contributed by atoms with Crippen molar-refractivity contribution in [2.24, 2.45) is 0 Å². The van der Waals surface area contributed by atoms with E-state index in [1.54, 1.807) is 0 Å². The van der Waals surface area contributed by atoms with Crippen molar-refractivity contribution in [3.05, 3.63) is 107 Å². The Morgan fingerprint density at radius 3 is 2.33 bits per heavy atom. The summed E-state index contributed by atoms with van der Waals surface area (Å²) in [6.07, 6.45) is 2.60. The first kappa shape index (κ1) is 21.2. The summed E-state index contributed by atoms with van der Waals surface area (Å²) >= 11 is 0. The minimum absolute atomic E-state index is 0.0284. The fraction of sp³-hybridized carbons (Fsp3) is 0.241. The first-order chi connectivity index (χ1) is 16.2. The molecular weight excluding hydrogens is 406 g/mol. The van der Waals surface area contributed by atoms with E-state index >= 15 is 0 Å². The first-order valence-electron chi connectivity index (χ1n) is 11.8. The van der Waals surface area contributed by atoms with Gasteiger partial charge in [0.05, 0.1) is 23.0 Å². The van der Waals surface area contributed by atoms with Crippen LogP contribution in [0, 0.1) is 0 Å². The molecule has 4 aromatic rings. The standard InChI is InChI=1S/C29H29N3O/c1-3-12-26-27(29(33)31-20-19-22-13-10-11-18-25(22)21(31)2)28(23-14-6-4-7-15-23)30-32(26)24-16-8-5-9-17-24/h4-11,13-18,21H,3,12,19-20H2,1-2H3. The van der Waals surface area contributed by atoms with E-state index in [4.69, 9.17) is 5.10 Å². The number of carbonyl (C=O) groups is 1. The maximum absolute atomic E-state index is 14.2. The highest BCUT2D eigenvalue weighted by Crippen LogP contribution is 2.35. The van der Waals surface area contributed by atoms with Crippen LogP contribution in [0.4, 0.5) is 0 Å². The molecule has 4 heteroatoms. The molecule has 5 rings (SSSR count). The van der Waals surface area contributed by atoms with E-state index in [1.165, 1.54) is 11.1 Å². The first-order valence-corrected chi connectivity index (χ1v) is 11.8. The molecule has 3 aromatic carbocycles. The lowest BCUT2D eigenvalue weighted by Gasteiger charge is -2.35. The predicted octanol–water partition coefficient (Wildman–Crippen LogP) is 6.25. The molecule has 0 spiro atoms. The molecule has 33 heavy (non-hydrogen) atoms. The van der Waals surface area contributed by atoms with Gasteiger partial charge in [-0.05, 0) is 43.0 Å². The van der Waals surface area contributed by atoms with Gasteiger partial charge in [-0.3, -0.25) is 4.79 Å². The SMILES string of the molecule is CCCc1c(C(=O)N2CCc3ccccc3C2C)c(-c2ccccc2)nn1-c1ccccc1. The Labute approximate surface area is 195 Å². The number of hydrogen-bond acceptors (Lipinski definition) is 2. The van der Waals surface area contributed by atoms with Gasteiger partial charge in [-0.1, -0.05) is 86.1 Å². The molecule has 166 valence electrons. The van der Waals surface area contributed by atoms with Crippen molar-refractivity contribution < 1.29 is 4.79 Å². The average molecular weight is 436 g/mol. The van der Waals surface area contributed by atoms with Crippen molar-refractivity contribution in [1.82, 2.24) is 14.7 Å². The Bertz CT molecular complexity index is 1260. The van der Waals surface area contributed by atoms with E-state index in [0.29, 0.717) is 6.54 Å². The molecule has 0 radical (unpaired) electrons. The number of aromatic nitrogens is 2. The highest BCUT2D eigenvalue weighted by atomic mass is 16.2. The normalized spacial score (nSPS) is 15.3. The third kappa shape index (κ3) is 3.86. The molecule has 1 unspecified atom stereocenters. The van der Waals surface area contributed by atoms with Crippen LogP contribution in [0.2, 0.25) is 0 Å². The fourth-order valence-electron chi connectivity index (χ4n) is 4.92. The predicted molar refractivity (Wildman–Crippen MR) is 133 cm³/mol. The Morgan fingerprint density at radius 2 is 1.61 bits per heavy atom. The van der Waals surface area contributed by atoms with Crippen molar-refractivity contribution in [2.45, 2.75) is 39.2 Å². The summed E-state index contributed by atoms with van der Waals surface area (Å²) in [7, 11) is 0. The minimum Gasteiger partial charge on any atom is -0.331 e. The van der Waals surface area contributed by atoms with Crippen LogP contribution >= 0.6 is 0 Å². The van der Waals surface area contributed by atoms with Gasteiger partial charge in [0.25, 0.3) is 5.91 Å². The second-order valence-corrected chi connectivity index (χ2v) is 8.66. The Balaban J connectivity index is 1.67. The highest BCUT2D eigenvalue weighted by Gasteiger charge is 2.33. The number of nitrogens with zero attached hydrogens (tertiary/aromatic N) is 3. The Hall–Kier alpha value is -3.66. The molecule has 0 saturated carbocycles. The van der Waals surface area contributed by atoms with Crippen molar-refractivity contribution in [2.75, 3.05) is 6.54 Å². The van der Waals surface area contributed by atoms with Crippen LogP contribution in [0.3, 0.4) is 0 Å². The van der Waals surface area contributed by atoms with E-state index in [9.17, 15) is 4.79 Å². The molecule has 0 bridgehead atoms. The molecule has 0 saturated heterocycles. The van der Waals surface area contributed by atoms with Crippen molar-refractivity contribution in [3.63, 3.8) is 0 Å². The van der Waals surface area contributed by atoms with Gasteiger partial charge in [0.1, 0.15) is 5.69 Å². The zero-order valence-electron chi connectivity index (χ0n) is 19.2. The van der Waals surface area contributed by atoms with Gasteiger partial charge < -0.3 is 4.90 Å². The van der Waals surface area contributed by atoms with Crippen LogP contribution in [-0.4, -0.2) is 27.1 Å². The topological polar surface area (TPSA) is 38.1 Å². The van der Waals surface area contributed by atoms with E-state index in [1.807, 2.05) is 58.1 Å². The third-order valence-electron chi connectivity index (χ3n) is 6.59. The van der Waals surface area contributed by atoms with Gasteiger partial charge in [-0.25, -0.2) is 4.68 Å². The molecule has 0 fully saturated rings. The van der Waals surface area contributed by atoms with Gasteiger partial charge in [0.2, 0.25) is 0 Å². The van der Waals surface area contributed by atoms with Gasteiger partial charge in [-0.15, -0.1) is 0 Å². The number of benzene rings is 3. The lowest BCUT2D eigenvalue weighted by atomic mass is 9.92. The molecule has 1 aliphatic heterocycles. The largest absolute Gasteiger partial charge is 0.331 e. The Morgan fingerprint density at radius 1 is 0.939 bits per heavy atom. The molecule has 0 aliphatic carbocycles. The second-order valence-electron chi connectivity index (χ2n) is 8.66. The number of rotatable bonds is 5. The summed E-state index contributed by atoms with van der Waals surface area (Å²) in [6.45, 7) is 5.01. The molecule has 2 heterocycles. The van der Waals surface area contributed by atoms with Crippen molar-refractivity contribution in [3.8, 4) is 16.9 Å². The summed E-state index contributed by atoms with van der Waals surface area (Å²) < 4.78 is 1.97. The third-order valence-corrected chi connectivity index (χ3v) is 6.59. The number of hydrogen-bond donors (Lipinski definition) is 0. The number of amides is 1. The van der Waals surface area contributed by atoms with Gasteiger partial charge in [0.15, 0.2) is 0 Å². The molecule has 4 nitrogen and oxygen atoms in total. The van der Waals surface area contributed by atoms with Crippen LogP contribution in [0.15, 0.2) is 84.9 Å². The van der Waals surface area contributed by atoms with Gasteiger partial charge >= 0.3 is 0 Å². The molecular formula is C29H29N3O. The summed E-state index contributed by atoms with van der Waals surface area (Å²) in [4.78, 5) is 16.3. The quantitative estimate of drug-likeness (QED) is 0.371. The fourth-order valence-corrected chi connectivity index (χ4v) is 4.92. The number of fused-ring (bicyclic) bond motifs is 1. The van der Waals surface area contributed by atoms with E-state index in [-0.39, 0.29) is 11.9 Å². The molecule has 1 amide bonds. The highest BCUT2D eigenvalue weighted by molar-refractivity contribution is 6.01. The lowest BCUT2D eigenvalue weighted by molar-refractivity contribution is 0.0677.